The van der Waals surface area contributed by atoms with Crippen LogP contribution in [0.5, 0.6) is 11.5 Å². The number of hydrogen-bond donors (Lipinski definition) is 1. The summed E-state index contributed by atoms with van der Waals surface area (Å²) < 4.78 is 15.7. The highest BCUT2D eigenvalue weighted by Gasteiger charge is 2.11. The van der Waals surface area contributed by atoms with Gasteiger partial charge in [0, 0.05) is 11.1 Å². The molecular formula is C21H20N2O5S. The number of carbonyl (C=O) groups is 2. The van der Waals surface area contributed by atoms with E-state index < -0.39 is 11.9 Å². The fraction of sp³-hybridized carbons (Fsp3) is 0.190. The molecule has 0 radical (unpaired) electrons. The molecular weight excluding hydrogens is 392 g/mol. The van der Waals surface area contributed by atoms with Gasteiger partial charge in [-0.25, -0.2) is 9.78 Å². The van der Waals surface area contributed by atoms with Crippen LogP contribution in [-0.2, 0) is 16.1 Å². The lowest BCUT2D eigenvalue weighted by molar-refractivity contribution is -0.119. The van der Waals surface area contributed by atoms with E-state index in [2.05, 4.69) is 10.3 Å². The van der Waals surface area contributed by atoms with Crippen molar-refractivity contribution in [3.8, 4) is 11.5 Å². The van der Waals surface area contributed by atoms with Crippen molar-refractivity contribution in [2.24, 2.45) is 0 Å². The van der Waals surface area contributed by atoms with Gasteiger partial charge >= 0.3 is 5.97 Å². The van der Waals surface area contributed by atoms with Gasteiger partial charge in [0.1, 0.15) is 18.1 Å². The van der Waals surface area contributed by atoms with E-state index in [1.165, 1.54) is 0 Å². The lowest BCUT2D eigenvalue weighted by atomic mass is 10.2. The Labute approximate surface area is 172 Å². The summed E-state index contributed by atoms with van der Waals surface area (Å²) in [6, 6.07) is 13.4. The van der Waals surface area contributed by atoms with Crippen molar-refractivity contribution in [1.29, 1.82) is 0 Å². The Balaban J connectivity index is 1.45. The largest absolute Gasteiger partial charge is 0.497 e. The Kier molecular flexibility index (Phi) is 6.80. The second-order valence-corrected chi connectivity index (χ2v) is 7.09. The third-order valence-electron chi connectivity index (χ3n) is 3.85. The van der Waals surface area contributed by atoms with E-state index >= 15 is 0 Å². The number of ether oxygens (including phenoxy) is 3. The van der Waals surface area contributed by atoms with Crippen LogP contribution in [0.4, 0.5) is 5.69 Å². The number of nitrogens with one attached hydrogen (secondary N) is 1. The van der Waals surface area contributed by atoms with Crippen molar-refractivity contribution >= 4 is 28.9 Å². The molecule has 3 aromatic rings. The van der Waals surface area contributed by atoms with Crippen LogP contribution < -0.4 is 14.8 Å². The first kappa shape index (κ1) is 20.3. The zero-order chi connectivity index (χ0) is 20.6. The van der Waals surface area contributed by atoms with Crippen molar-refractivity contribution in [1.82, 2.24) is 4.98 Å². The fourth-order valence-corrected chi connectivity index (χ4v) is 3.00. The van der Waals surface area contributed by atoms with Gasteiger partial charge in [0.2, 0.25) is 0 Å². The number of methoxy groups -OCH3 is 1. The summed E-state index contributed by atoms with van der Waals surface area (Å²) in [5.74, 6) is 0.284. The standard InChI is InChI=1S/C21H20N2O5S/c1-14-22-17(13-29-14)11-27-19-7-3-15(4-8-19)21(25)28-12-20(24)23-16-5-9-18(26-2)10-6-16/h3-10,13H,11-12H2,1-2H3,(H,23,24). The van der Waals surface area contributed by atoms with Crippen LogP contribution in [0.2, 0.25) is 0 Å². The Morgan fingerprint density at radius 2 is 1.72 bits per heavy atom. The number of amides is 1. The van der Waals surface area contributed by atoms with E-state index in [1.807, 2.05) is 12.3 Å². The molecule has 0 saturated carbocycles. The number of esters is 1. The monoisotopic (exact) mass is 412 g/mol. The molecule has 0 fully saturated rings. The SMILES string of the molecule is COc1ccc(NC(=O)COC(=O)c2ccc(OCc3csc(C)n3)cc2)cc1. The minimum Gasteiger partial charge on any atom is -0.497 e. The molecule has 1 N–H and O–H groups in total. The first-order valence-electron chi connectivity index (χ1n) is 8.78. The minimum atomic E-state index is -0.587. The number of thiazole rings is 1. The topological polar surface area (TPSA) is 86.8 Å². The maximum Gasteiger partial charge on any atom is 0.338 e. The predicted molar refractivity (Wildman–Crippen MR) is 110 cm³/mol. The molecule has 8 heteroatoms. The van der Waals surface area contributed by atoms with Crippen molar-refractivity contribution in [3.63, 3.8) is 0 Å². The summed E-state index contributed by atoms with van der Waals surface area (Å²) in [6.07, 6.45) is 0. The zero-order valence-corrected chi connectivity index (χ0v) is 16.8. The summed E-state index contributed by atoms with van der Waals surface area (Å²) in [4.78, 5) is 28.4. The molecule has 1 aromatic heterocycles. The van der Waals surface area contributed by atoms with Crippen LogP contribution in [-0.4, -0.2) is 30.6 Å². The number of carbonyl (C=O) groups excluding carboxylic acids is 2. The summed E-state index contributed by atoms with van der Waals surface area (Å²) in [6.45, 7) is 1.91. The van der Waals surface area contributed by atoms with Crippen LogP contribution in [0.3, 0.4) is 0 Å². The molecule has 0 bridgehead atoms. The molecule has 0 aliphatic carbocycles. The summed E-state index contributed by atoms with van der Waals surface area (Å²) in [7, 11) is 1.56. The van der Waals surface area contributed by atoms with Gasteiger partial charge in [0.05, 0.1) is 23.4 Å². The van der Waals surface area contributed by atoms with Crippen LogP contribution >= 0.6 is 11.3 Å². The molecule has 7 nitrogen and oxygen atoms in total. The lowest BCUT2D eigenvalue weighted by Crippen LogP contribution is -2.20. The van der Waals surface area contributed by atoms with Gasteiger partial charge in [0.25, 0.3) is 5.91 Å². The highest BCUT2D eigenvalue weighted by atomic mass is 32.1. The highest BCUT2D eigenvalue weighted by Crippen LogP contribution is 2.17. The Hall–Kier alpha value is -3.39. The van der Waals surface area contributed by atoms with E-state index in [9.17, 15) is 9.59 Å². The number of anilines is 1. The number of aromatic nitrogens is 1. The average Bonchev–Trinajstić information content (AvgIpc) is 3.16. The van der Waals surface area contributed by atoms with Crippen LogP contribution in [0.1, 0.15) is 21.1 Å². The van der Waals surface area contributed by atoms with E-state index in [1.54, 1.807) is 67.0 Å². The summed E-state index contributed by atoms with van der Waals surface area (Å²) in [5.41, 5.74) is 1.78. The first-order valence-corrected chi connectivity index (χ1v) is 9.66. The molecule has 0 spiro atoms. The molecule has 1 amide bonds. The second kappa shape index (κ2) is 9.70. The molecule has 0 aliphatic heterocycles. The highest BCUT2D eigenvalue weighted by molar-refractivity contribution is 7.09. The second-order valence-electron chi connectivity index (χ2n) is 6.02. The smallest absolute Gasteiger partial charge is 0.338 e. The van der Waals surface area contributed by atoms with Crippen molar-refractivity contribution < 1.29 is 23.8 Å². The van der Waals surface area contributed by atoms with Gasteiger partial charge in [-0.05, 0) is 55.5 Å². The molecule has 0 unspecified atom stereocenters. The number of hydrogen-bond acceptors (Lipinski definition) is 7. The predicted octanol–water partition coefficient (Wildman–Crippen LogP) is 3.83. The van der Waals surface area contributed by atoms with Gasteiger partial charge in [-0.2, -0.15) is 0 Å². The lowest BCUT2D eigenvalue weighted by Gasteiger charge is -2.08. The molecule has 0 atom stereocenters. The molecule has 0 saturated heterocycles. The Morgan fingerprint density at radius 3 is 2.34 bits per heavy atom. The van der Waals surface area contributed by atoms with Gasteiger partial charge in [-0.3, -0.25) is 4.79 Å². The summed E-state index contributed by atoms with van der Waals surface area (Å²) in [5, 5.41) is 5.57. The first-order chi connectivity index (χ1) is 14.0. The molecule has 3 rings (SSSR count). The van der Waals surface area contributed by atoms with Gasteiger partial charge < -0.3 is 19.5 Å². The van der Waals surface area contributed by atoms with Gasteiger partial charge in [0.15, 0.2) is 6.61 Å². The molecule has 1 heterocycles. The average molecular weight is 412 g/mol. The quantitative estimate of drug-likeness (QED) is 0.566. The van der Waals surface area contributed by atoms with E-state index in [0.29, 0.717) is 29.4 Å². The third-order valence-corrected chi connectivity index (χ3v) is 4.67. The van der Waals surface area contributed by atoms with E-state index in [0.717, 1.165) is 10.7 Å². The molecule has 0 aliphatic rings. The van der Waals surface area contributed by atoms with E-state index in [4.69, 9.17) is 14.2 Å². The Morgan fingerprint density at radius 1 is 1.03 bits per heavy atom. The molecule has 29 heavy (non-hydrogen) atoms. The van der Waals surface area contributed by atoms with Crippen molar-refractivity contribution in [2.75, 3.05) is 19.0 Å². The molecule has 2 aromatic carbocycles. The van der Waals surface area contributed by atoms with E-state index in [-0.39, 0.29) is 6.61 Å². The molecule has 150 valence electrons. The van der Waals surface area contributed by atoms with Gasteiger partial charge in [-0.1, -0.05) is 0 Å². The third kappa shape index (κ3) is 6.05. The number of benzene rings is 2. The normalized spacial score (nSPS) is 10.3. The number of aryl methyl sites for hydroxylation is 1. The fourth-order valence-electron chi connectivity index (χ4n) is 2.40. The van der Waals surface area contributed by atoms with Crippen molar-refractivity contribution in [3.05, 3.63) is 70.2 Å². The van der Waals surface area contributed by atoms with Crippen molar-refractivity contribution in [2.45, 2.75) is 13.5 Å². The van der Waals surface area contributed by atoms with Crippen LogP contribution in [0, 0.1) is 6.92 Å². The minimum absolute atomic E-state index is 0.333. The Bertz CT molecular complexity index is 967. The maximum atomic E-state index is 12.1. The summed E-state index contributed by atoms with van der Waals surface area (Å²) >= 11 is 1.57. The van der Waals surface area contributed by atoms with Gasteiger partial charge in [-0.15, -0.1) is 11.3 Å². The number of nitrogens with zero attached hydrogens (tertiary/aromatic N) is 1. The zero-order valence-electron chi connectivity index (χ0n) is 16.0. The van der Waals surface area contributed by atoms with Crippen LogP contribution in [0.25, 0.3) is 0 Å². The van der Waals surface area contributed by atoms with Crippen LogP contribution in [0.15, 0.2) is 53.9 Å². The number of rotatable bonds is 8. The maximum absolute atomic E-state index is 12.1.